The quantitative estimate of drug-likeness (QED) is 0.679. The molecule has 20 heavy (non-hydrogen) atoms. The summed E-state index contributed by atoms with van der Waals surface area (Å²) in [4.78, 5) is 0. The molecule has 0 spiro atoms. The summed E-state index contributed by atoms with van der Waals surface area (Å²) in [5.74, 6) is 0. The van der Waals surface area contributed by atoms with Crippen LogP contribution < -0.4 is 0 Å². The van der Waals surface area contributed by atoms with Crippen LogP contribution in [0.5, 0.6) is 0 Å². The van der Waals surface area contributed by atoms with E-state index < -0.39 is 12.6 Å². The van der Waals surface area contributed by atoms with Crippen LogP contribution in [0.4, 0.5) is 13.2 Å². The monoisotopic (exact) mass is 296 g/mol. The molecule has 0 radical (unpaired) electrons. The van der Waals surface area contributed by atoms with E-state index in [1.54, 1.807) is 48.5 Å². The Labute approximate surface area is 120 Å². The lowest BCUT2D eigenvalue weighted by Crippen LogP contribution is -2.05. The Hall–Kier alpha value is -1.74. The Morgan fingerprint density at radius 1 is 0.900 bits per heavy atom. The van der Waals surface area contributed by atoms with Crippen molar-refractivity contribution in [1.82, 2.24) is 0 Å². The lowest BCUT2D eigenvalue weighted by Gasteiger charge is -2.10. The highest BCUT2D eigenvalue weighted by atomic mass is 35.5. The Balaban J connectivity index is 2.42. The van der Waals surface area contributed by atoms with E-state index in [1.165, 1.54) is 6.08 Å². The van der Waals surface area contributed by atoms with Crippen LogP contribution >= 0.6 is 11.6 Å². The molecule has 0 nitrogen and oxygen atoms in total. The molecular weight excluding hydrogens is 285 g/mol. The molecule has 0 saturated carbocycles. The topological polar surface area (TPSA) is 0 Å². The highest BCUT2D eigenvalue weighted by molar-refractivity contribution is 6.30. The Bertz CT molecular complexity index is 583. The number of hydrogen-bond donors (Lipinski definition) is 0. The number of halogens is 4. The minimum absolute atomic E-state index is 0.553. The maximum absolute atomic E-state index is 12.4. The zero-order valence-corrected chi connectivity index (χ0v) is 11.2. The van der Waals surface area contributed by atoms with E-state index in [0.717, 1.165) is 5.56 Å². The van der Waals surface area contributed by atoms with Gasteiger partial charge in [-0.25, -0.2) is 0 Å². The number of benzene rings is 2. The molecule has 0 aromatic heterocycles. The summed E-state index contributed by atoms with van der Waals surface area (Å²) in [5.41, 5.74) is 2.02. The van der Waals surface area contributed by atoms with Crippen LogP contribution in [0.2, 0.25) is 5.02 Å². The average Bonchev–Trinajstić information content (AvgIpc) is 2.41. The first kappa shape index (κ1) is 14.7. The molecule has 0 aliphatic rings. The summed E-state index contributed by atoms with van der Waals surface area (Å²) in [6.45, 7) is 0. The summed E-state index contributed by atoms with van der Waals surface area (Å²) in [6, 6.07) is 15.8. The van der Waals surface area contributed by atoms with E-state index in [-0.39, 0.29) is 0 Å². The maximum atomic E-state index is 12.4. The number of rotatable bonds is 3. The Morgan fingerprint density at radius 3 is 2.00 bits per heavy atom. The fraction of sp³-hybridized carbons (Fsp3) is 0.125. The van der Waals surface area contributed by atoms with Crippen LogP contribution in [0, 0.1) is 0 Å². The van der Waals surface area contributed by atoms with Crippen LogP contribution in [-0.4, -0.2) is 6.18 Å². The van der Waals surface area contributed by atoms with Gasteiger partial charge in [-0.15, -0.1) is 0 Å². The molecule has 104 valence electrons. The first-order chi connectivity index (χ1) is 9.46. The predicted octanol–water partition coefficient (Wildman–Crippen LogP) is 5.72. The van der Waals surface area contributed by atoms with Gasteiger partial charge in [0.2, 0.25) is 0 Å². The van der Waals surface area contributed by atoms with E-state index in [9.17, 15) is 13.2 Å². The second-order valence-electron chi connectivity index (χ2n) is 4.31. The molecule has 2 aromatic rings. The fourth-order valence-electron chi connectivity index (χ4n) is 1.87. The van der Waals surface area contributed by atoms with Crippen molar-refractivity contribution >= 4 is 17.2 Å². The molecule has 0 unspecified atom stereocenters. The van der Waals surface area contributed by atoms with Gasteiger partial charge < -0.3 is 0 Å². The summed E-state index contributed by atoms with van der Waals surface area (Å²) in [6.07, 6.45) is -3.97. The van der Waals surface area contributed by atoms with Gasteiger partial charge in [0.15, 0.2) is 0 Å². The lowest BCUT2D eigenvalue weighted by atomic mass is 9.97. The minimum atomic E-state index is -4.22. The van der Waals surface area contributed by atoms with Gasteiger partial charge in [0.1, 0.15) is 0 Å². The van der Waals surface area contributed by atoms with Gasteiger partial charge >= 0.3 is 6.18 Å². The molecule has 0 fully saturated rings. The van der Waals surface area contributed by atoms with Crippen molar-refractivity contribution in [3.05, 3.63) is 76.8 Å². The second-order valence-corrected chi connectivity index (χ2v) is 4.75. The molecule has 0 amide bonds. The zero-order chi connectivity index (χ0) is 14.6. The van der Waals surface area contributed by atoms with Gasteiger partial charge in [-0.3, -0.25) is 0 Å². The first-order valence-corrected chi connectivity index (χ1v) is 6.42. The van der Waals surface area contributed by atoms with Gasteiger partial charge in [0, 0.05) is 5.02 Å². The molecule has 0 bridgehead atoms. The third kappa shape index (κ3) is 4.14. The number of allylic oxidation sites excluding steroid dienone is 1. The highest BCUT2D eigenvalue weighted by Gasteiger charge is 2.25. The zero-order valence-electron chi connectivity index (χ0n) is 10.5. The van der Waals surface area contributed by atoms with E-state index in [2.05, 4.69) is 0 Å². The van der Waals surface area contributed by atoms with Crippen molar-refractivity contribution in [2.75, 3.05) is 0 Å². The van der Waals surface area contributed by atoms with Gasteiger partial charge in [-0.2, -0.15) is 13.2 Å². The molecule has 0 aliphatic carbocycles. The van der Waals surface area contributed by atoms with Crippen molar-refractivity contribution in [3.8, 4) is 0 Å². The molecule has 0 N–H and O–H groups in total. The predicted molar refractivity (Wildman–Crippen MR) is 75.6 cm³/mol. The SMILES string of the molecule is FC(F)(F)CC=C(c1ccccc1)c1ccc(Cl)cc1. The molecule has 0 saturated heterocycles. The normalized spacial score (nSPS) is 12.5. The van der Waals surface area contributed by atoms with Gasteiger partial charge in [0.05, 0.1) is 6.42 Å². The van der Waals surface area contributed by atoms with Crippen LogP contribution in [0.25, 0.3) is 5.57 Å². The summed E-state index contributed by atoms with van der Waals surface area (Å²) < 4.78 is 37.3. The van der Waals surface area contributed by atoms with E-state index in [1.807, 2.05) is 6.07 Å². The lowest BCUT2D eigenvalue weighted by molar-refractivity contribution is -0.124. The molecule has 2 rings (SSSR count). The van der Waals surface area contributed by atoms with Crippen molar-refractivity contribution in [1.29, 1.82) is 0 Å². The van der Waals surface area contributed by atoms with Gasteiger partial charge in [-0.1, -0.05) is 60.1 Å². The van der Waals surface area contributed by atoms with E-state index in [4.69, 9.17) is 11.6 Å². The van der Waals surface area contributed by atoms with E-state index >= 15 is 0 Å². The van der Waals surface area contributed by atoms with Gasteiger partial charge in [-0.05, 0) is 28.8 Å². The average molecular weight is 297 g/mol. The van der Waals surface area contributed by atoms with Gasteiger partial charge in [0.25, 0.3) is 0 Å². The molecule has 2 aromatic carbocycles. The molecule has 0 heterocycles. The standard InChI is InChI=1S/C16H12ClF3/c17-14-8-6-13(7-9-14)15(10-11-16(18,19)20)12-4-2-1-3-5-12/h1-10H,11H2. The molecule has 0 aliphatic heterocycles. The largest absolute Gasteiger partial charge is 0.392 e. The number of alkyl halides is 3. The summed E-state index contributed by atoms with van der Waals surface area (Å²) in [5, 5.41) is 0.553. The fourth-order valence-corrected chi connectivity index (χ4v) is 1.99. The van der Waals surface area contributed by atoms with Crippen LogP contribution in [0.1, 0.15) is 17.5 Å². The second kappa shape index (κ2) is 6.14. The molecule has 0 atom stereocenters. The van der Waals surface area contributed by atoms with Crippen LogP contribution in [0.3, 0.4) is 0 Å². The van der Waals surface area contributed by atoms with Crippen molar-refractivity contribution in [3.63, 3.8) is 0 Å². The third-order valence-electron chi connectivity index (χ3n) is 2.78. The van der Waals surface area contributed by atoms with Crippen molar-refractivity contribution < 1.29 is 13.2 Å². The van der Waals surface area contributed by atoms with Crippen LogP contribution in [0.15, 0.2) is 60.7 Å². The van der Waals surface area contributed by atoms with E-state index in [0.29, 0.717) is 16.2 Å². The molecule has 4 heteroatoms. The Kier molecular flexibility index (Phi) is 4.50. The van der Waals surface area contributed by atoms with Crippen LogP contribution in [-0.2, 0) is 0 Å². The smallest absolute Gasteiger partial charge is 0.171 e. The highest BCUT2D eigenvalue weighted by Crippen LogP contribution is 2.28. The Morgan fingerprint density at radius 2 is 1.45 bits per heavy atom. The van der Waals surface area contributed by atoms with Crippen molar-refractivity contribution in [2.45, 2.75) is 12.6 Å². The molecular formula is C16H12ClF3. The van der Waals surface area contributed by atoms with Crippen molar-refractivity contribution in [2.24, 2.45) is 0 Å². The summed E-state index contributed by atoms with van der Waals surface area (Å²) in [7, 11) is 0. The maximum Gasteiger partial charge on any atom is 0.392 e. The minimum Gasteiger partial charge on any atom is -0.171 e. The first-order valence-electron chi connectivity index (χ1n) is 6.04. The summed E-state index contributed by atoms with van der Waals surface area (Å²) >= 11 is 5.81. The third-order valence-corrected chi connectivity index (χ3v) is 3.03. The number of hydrogen-bond acceptors (Lipinski definition) is 0.